The summed E-state index contributed by atoms with van der Waals surface area (Å²) in [7, 11) is 0. The van der Waals surface area contributed by atoms with Crippen LogP contribution in [0, 0.1) is 6.92 Å². The molecule has 0 saturated carbocycles. The summed E-state index contributed by atoms with van der Waals surface area (Å²) in [6.07, 6.45) is 0.555. The number of imide groups is 1. The number of benzene rings is 2. The first-order chi connectivity index (χ1) is 11.5. The Balaban J connectivity index is 1.66. The van der Waals surface area contributed by atoms with Gasteiger partial charge in [0.1, 0.15) is 5.75 Å². The van der Waals surface area contributed by atoms with Gasteiger partial charge in [-0.3, -0.25) is 14.5 Å². The highest BCUT2D eigenvalue weighted by molar-refractivity contribution is 6.01. The van der Waals surface area contributed by atoms with Gasteiger partial charge in [0.05, 0.1) is 12.1 Å². The van der Waals surface area contributed by atoms with Gasteiger partial charge in [-0.15, -0.1) is 0 Å². The summed E-state index contributed by atoms with van der Waals surface area (Å²) in [5.74, 6) is -0.247. The maximum atomic E-state index is 12.1. The molecular formula is C19H17NO4. The van der Waals surface area contributed by atoms with Crippen molar-refractivity contribution in [2.75, 3.05) is 0 Å². The van der Waals surface area contributed by atoms with E-state index in [0.717, 1.165) is 11.1 Å². The zero-order chi connectivity index (χ0) is 17.1. The summed E-state index contributed by atoms with van der Waals surface area (Å²) in [5.41, 5.74) is 2.22. The van der Waals surface area contributed by atoms with Crippen molar-refractivity contribution in [3.63, 3.8) is 0 Å². The molecular weight excluding hydrogens is 306 g/mol. The number of carbonyl (C=O) groups excluding carboxylic acids is 3. The molecule has 1 aliphatic rings. The summed E-state index contributed by atoms with van der Waals surface area (Å²) >= 11 is 0. The Kier molecular flexibility index (Phi) is 4.42. The smallest absolute Gasteiger partial charge is 0.343 e. The van der Waals surface area contributed by atoms with Crippen LogP contribution in [0.25, 0.3) is 0 Å². The van der Waals surface area contributed by atoms with E-state index in [-0.39, 0.29) is 31.2 Å². The molecule has 0 aromatic heterocycles. The molecule has 0 spiro atoms. The van der Waals surface area contributed by atoms with E-state index >= 15 is 0 Å². The molecule has 0 bridgehead atoms. The van der Waals surface area contributed by atoms with Crippen molar-refractivity contribution in [3.8, 4) is 5.75 Å². The first-order valence-electron chi connectivity index (χ1n) is 7.74. The van der Waals surface area contributed by atoms with Crippen molar-refractivity contribution < 1.29 is 19.1 Å². The molecule has 1 heterocycles. The molecule has 2 aromatic carbocycles. The average Bonchev–Trinajstić information content (AvgIpc) is 2.87. The molecule has 0 aliphatic carbocycles. The van der Waals surface area contributed by atoms with Crippen LogP contribution in [0.5, 0.6) is 5.75 Å². The predicted octanol–water partition coefficient (Wildman–Crippen LogP) is 2.86. The second-order valence-electron chi connectivity index (χ2n) is 5.78. The van der Waals surface area contributed by atoms with Crippen LogP contribution in [0.2, 0.25) is 0 Å². The maximum absolute atomic E-state index is 12.1. The lowest BCUT2D eigenvalue weighted by molar-refractivity contribution is -0.139. The van der Waals surface area contributed by atoms with Crippen molar-refractivity contribution in [1.29, 1.82) is 0 Å². The number of aryl methyl sites for hydroxylation is 1. The summed E-state index contributed by atoms with van der Waals surface area (Å²) in [6, 6.07) is 14.0. The first-order valence-corrected chi connectivity index (χ1v) is 7.74. The quantitative estimate of drug-likeness (QED) is 0.493. The number of carbonyl (C=O) groups is 3. The molecule has 5 heteroatoms. The molecule has 0 radical (unpaired) electrons. The van der Waals surface area contributed by atoms with Gasteiger partial charge in [0.15, 0.2) is 0 Å². The van der Waals surface area contributed by atoms with Crippen molar-refractivity contribution in [2.45, 2.75) is 26.3 Å². The van der Waals surface area contributed by atoms with Gasteiger partial charge in [0, 0.05) is 12.8 Å². The number of nitrogens with zero attached hydrogens (tertiary/aromatic N) is 1. The molecule has 2 amide bonds. The minimum Gasteiger partial charge on any atom is -0.423 e. The fraction of sp³-hybridized carbons (Fsp3) is 0.211. The van der Waals surface area contributed by atoms with Crippen LogP contribution in [-0.4, -0.2) is 22.7 Å². The van der Waals surface area contributed by atoms with Crippen molar-refractivity contribution in [2.24, 2.45) is 0 Å². The third-order valence-electron chi connectivity index (χ3n) is 3.89. The number of hydrogen-bond acceptors (Lipinski definition) is 4. The topological polar surface area (TPSA) is 63.7 Å². The molecule has 1 saturated heterocycles. The number of hydrogen-bond donors (Lipinski definition) is 0. The van der Waals surface area contributed by atoms with Gasteiger partial charge in [-0.05, 0) is 42.3 Å². The van der Waals surface area contributed by atoms with E-state index in [0.29, 0.717) is 11.3 Å². The van der Waals surface area contributed by atoms with Gasteiger partial charge in [-0.1, -0.05) is 24.3 Å². The lowest BCUT2D eigenvalue weighted by Gasteiger charge is -2.13. The third kappa shape index (κ3) is 3.51. The van der Waals surface area contributed by atoms with Crippen LogP contribution in [0.15, 0.2) is 48.5 Å². The average molecular weight is 323 g/mol. The molecule has 0 unspecified atom stereocenters. The zero-order valence-corrected chi connectivity index (χ0v) is 13.3. The lowest BCUT2D eigenvalue weighted by Crippen LogP contribution is -2.28. The van der Waals surface area contributed by atoms with E-state index in [1.165, 1.54) is 4.90 Å². The van der Waals surface area contributed by atoms with E-state index in [1.54, 1.807) is 36.4 Å². The Morgan fingerprint density at radius 3 is 2.33 bits per heavy atom. The summed E-state index contributed by atoms with van der Waals surface area (Å²) in [6.45, 7) is 2.16. The molecule has 122 valence electrons. The lowest BCUT2D eigenvalue weighted by atomic mass is 10.1. The Bertz CT molecular complexity index is 779. The van der Waals surface area contributed by atoms with Gasteiger partial charge >= 0.3 is 5.97 Å². The van der Waals surface area contributed by atoms with Crippen molar-refractivity contribution in [1.82, 2.24) is 4.90 Å². The molecule has 5 nitrogen and oxygen atoms in total. The fourth-order valence-corrected chi connectivity index (χ4v) is 2.57. The number of ether oxygens (including phenoxy) is 1. The van der Waals surface area contributed by atoms with Gasteiger partial charge in [0.25, 0.3) is 0 Å². The highest BCUT2D eigenvalue weighted by atomic mass is 16.5. The highest BCUT2D eigenvalue weighted by Crippen LogP contribution is 2.18. The molecule has 2 aromatic rings. The molecule has 0 N–H and O–H groups in total. The largest absolute Gasteiger partial charge is 0.423 e. The number of likely N-dealkylation sites (tertiary alicyclic amines) is 1. The Morgan fingerprint density at radius 2 is 1.71 bits per heavy atom. The van der Waals surface area contributed by atoms with Crippen LogP contribution in [0.3, 0.4) is 0 Å². The Hall–Kier alpha value is -2.95. The number of esters is 1. The van der Waals surface area contributed by atoms with Crippen LogP contribution in [0.4, 0.5) is 0 Å². The van der Waals surface area contributed by atoms with Gasteiger partial charge in [-0.25, -0.2) is 4.79 Å². The molecule has 1 aliphatic heterocycles. The second-order valence-corrected chi connectivity index (χ2v) is 5.78. The Labute approximate surface area is 139 Å². The molecule has 24 heavy (non-hydrogen) atoms. The highest BCUT2D eigenvalue weighted by Gasteiger charge is 2.28. The van der Waals surface area contributed by atoms with Crippen LogP contribution >= 0.6 is 0 Å². The summed E-state index contributed by atoms with van der Waals surface area (Å²) in [4.78, 5) is 36.6. The van der Waals surface area contributed by atoms with Gasteiger partial charge in [-0.2, -0.15) is 0 Å². The van der Waals surface area contributed by atoms with E-state index in [4.69, 9.17) is 4.74 Å². The summed E-state index contributed by atoms with van der Waals surface area (Å²) < 4.78 is 5.33. The zero-order valence-electron chi connectivity index (χ0n) is 13.3. The molecule has 3 rings (SSSR count). The van der Waals surface area contributed by atoms with E-state index < -0.39 is 5.97 Å². The van der Waals surface area contributed by atoms with E-state index in [9.17, 15) is 14.4 Å². The standard InChI is InChI=1S/C19H17NO4/c1-13-3-2-4-16(11-13)24-19(23)15-7-5-14(6-8-15)12-20-17(21)9-10-18(20)22/h2-8,11H,9-10,12H2,1H3. The van der Waals surface area contributed by atoms with E-state index in [1.807, 2.05) is 19.1 Å². The maximum Gasteiger partial charge on any atom is 0.343 e. The predicted molar refractivity (Wildman–Crippen MR) is 87.4 cm³/mol. The van der Waals surface area contributed by atoms with Crippen LogP contribution in [-0.2, 0) is 16.1 Å². The number of amides is 2. The second kappa shape index (κ2) is 6.66. The SMILES string of the molecule is Cc1cccc(OC(=O)c2ccc(CN3C(=O)CCC3=O)cc2)c1. The van der Waals surface area contributed by atoms with E-state index in [2.05, 4.69) is 0 Å². The summed E-state index contributed by atoms with van der Waals surface area (Å²) in [5, 5.41) is 0. The monoisotopic (exact) mass is 323 g/mol. The van der Waals surface area contributed by atoms with Crippen molar-refractivity contribution >= 4 is 17.8 Å². The first kappa shape index (κ1) is 15.9. The van der Waals surface area contributed by atoms with Crippen LogP contribution in [0.1, 0.15) is 34.3 Å². The fourth-order valence-electron chi connectivity index (χ4n) is 2.57. The number of rotatable bonds is 4. The minimum absolute atomic E-state index is 0.150. The normalized spacial score (nSPS) is 14.1. The van der Waals surface area contributed by atoms with Gasteiger partial charge < -0.3 is 4.74 Å². The minimum atomic E-state index is -0.444. The third-order valence-corrected chi connectivity index (χ3v) is 3.89. The molecule has 0 atom stereocenters. The Morgan fingerprint density at radius 1 is 1.04 bits per heavy atom. The molecule has 1 fully saturated rings. The van der Waals surface area contributed by atoms with Crippen LogP contribution < -0.4 is 4.74 Å². The van der Waals surface area contributed by atoms with Crippen molar-refractivity contribution in [3.05, 3.63) is 65.2 Å². The van der Waals surface area contributed by atoms with Gasteiger partial charge in [0.2, 0.25) is 11.8 Å².